The zero-order valence-electron chi connectivity index (χ0n) is 11.9. The number of rotatable bonds is 3. The number of hydrogen-bond donors (Lipinski definition) is 1. The molecule has 0 aromatic rings. The van der Waals surface area contributed by atoms with Gasteiger partial charge in [0.05, 0.1) is 18.8 Å². The van der Waals surface area contributed by atoms with Gasteiger partial charge in [-0.2, -0.15) is 0 Å². The minimum absolute atomic E-state index is 0.0134. The van der Waals surface area contributed by atoms with Crippen LogP contribution in [0.4, 0.5) is 0 Å². The van der Waals surface area contributed by atoms with Crippen molar-refractivity contribution in [3.63, 3.8) is 0 Å². The van der Waals surface area contributed by atoms with Gasteiger partial charge in [-0.3, -0.25) is 0 Å². The van der Waals surface area contributed by atoms with Crippen molar-refractivity contribution in [3.8, 4) is 0 Å². The van der Waals surface area contributed by atoms with Crippen LogP contribution in [0, 0.1) is 0 Å². The van der Waals surface area contributed by atoms with Crippen LogP contribution in [0.3, 0.4) is 0 Å². The molecule has 1 aliphatic rings. The molecule has 3 atom stereocenters. The van der Waals surface area contributed by atoms with E-state index in [2.05, 4.69) is 40.4 Å². The van der Waals surface area contributed by atoms with E-state index in [4.69, 9.17) is 9.16 Å². The molecule has 0 aromatic heterocycles. The normalized spacial score (nSPS) is 31.0. The van der Waals surface area contributed by atoms with E-state index >= 15 is 0 Å². The molecular weight excluding hydrogens is 232 g/mol. The molecule has 1 N–H and O–H groups in total. The van der Waals surface area contributed by atoms with Crippen LogP contribution in [0.5, 0.6) is 0 Å². The fraction of sp³-hybridized carbons (Fsp3) is 0.846. The molecule has 0 aliphatic carbocycles. The summed E-state index contributed by atoms with van der Waals surface area (Å²) in [6, 6.07) is 0. The van der Waals surface area contributed by atoms with E-state index in [0.717, 1.165) is 5.57 Å². The molecule has 0 bridgehead atoms. The van der Waals surface area contributed by atoms with Crippen LogP contribution in [0.15, 0.2) is 12.2 Å². The van der Waals surface area contributed by atoms with E-state index in [0.29, 0.717) is 0 Å². The Bertz CT molecular complexity index is 294. The van der Waals surface area contributed by atoms with Crippen molar-refractivity contribution in [2.24, 2.45) is 0 Å². The van der Waals surface area contributed by atoms with Crippen molar-refractivity contribution in [1.82, 2.24) is 0 Å². The highest BCUT2D eigenvalue weighted by atomic mass is 28.4. The second kappa shape index (κ2) is 4.84. The first-order valence-corrected chi connectivity index (χ1v) is 9.14. The molecule has 1 heterocycles. The fourth-order valence-corrected chi connectivity index (χ4v) is 3.06. The minimum Gasteiger partial charge on any atom is -0.408 e. The summed E-state index contributed by atoms with van der Waals surface area (Å²) in [5.74, 6) is 0. The predicted octanol–water partition coefficient (Wildman–Crippen LogP) is 2.71. The van der Waals surface area contributed by atoms with E-state index in [1.54, 1.807) is 0 Å². The number of hydrogen-bond acceptors (Lipinski definition) is 3. The van der Waals surface area contributed by atoms with Gasteiger partial charge in [-0.05, 0) is 30.6 Å². The third kappa shape index (κ3) is 2.99. The molecule has 4 heteroatoms. The van der Waals surface area contributed by atoms with Gasteiger partial charge >= 0.3 is 0 Å². The lowest BCUT2D eigenvalue weighted by molar-refractivity contribution is 0.00436. The van der Waals surface area contributed by atoms with Gasteiger partial charge in [0, 0.05) is 0 Å². The van der Waals surface area contributed by atoms with Crippen molar-refractivity contribution in [2.45, 2.75) is 64.1 Å². The maximum atomic E-state index is 9.20. The lowest BCUT2D eigenvalue weighted by Crippen LogP contribution is -2.45. The molecule has 0 aromatic carbocycles. The number of aliphatic hydroxyl groups is 1. The quantitative estimate of drug-likeness (QED) is 0.625. The van der Waals surface area contributed by atoms with Crippen molar-refractivity contribution in [1.29, 1.82) is 0 Å². The molecule has 17 heavy (non-hydrogen) atoms. The summed E-state index contributed by atoms with van der Waals surface area (Å²) < 4.78 is 12.0. The van der Waals surface area contributed by atoms with Crippen LogP contribution >= 0.6 is 0 Å². The van der Waals surface area contributed by atoms with Gasteiger partial charge in [0.15, 0.2) is 8.32 Å². The third-order valence-corrected chi connectivity index (χ3v) is 8.43. The van der Waals surface area contributed by atoms with Crippen LogP contribution in [-0.2, 0) is 9.16 Å². The van der Waals surface area contributed by atoms with Crippen LogP contribution in [0.1, 0.15) is 27.7 Å². The topological polar surface area (TPSA) is 38.7 Å². The third-order valence-electron chi connectivity index (χ3n) is 3.98. The molecule has 1 fully saturated rings. The predicted molar refractivity (Wildman–Crippen MR) is 72.6 cm³/mol. The Morgan fingerprint density at radius 2 is 1.94 bits per heavy atom. The lowest BCUT2D eigenvalue weighted by Gasteiger charge is -2.39. The Hall–Kier alpha value is -0.163. The Balaban J connectivity index is 2.79. The summed E-state index contributed by atoms with van der Waals surface area (Å²) in [6.45, 7) is 17.1. The maximum Gasteiger partial charge on any atom is 0.193 e. The van der Waals surface area contributed by atoms with Gasteiger partial charge in [-0.15, -0.1) is 0 Å². The summed E-state index contributed by atoms with van der Waals surface area (Å²) in [6.07, 6.45) is -0.360. The van der Waals surface area contributed by atoms with E-state index in [1.165, 1.54) is 0 Å². The Morgan fingerprint density at radius 1 is 1.41 bits per heavy atom. The van der Waals surface area contributed by atoms with Gasteiger partial charge in [-0.1, -0.05) is 27.4 Å². The second-order valence-corrected chi connectivity index (χ2v) is 11.1. The summed E-state index contributed by atoms with van der Waals surface area (Å²) in [4.78, 5) is 0. The van der Waals surface area contributed by atoms with Gasteiger partial charge < -0.3 is 14.3 Å². The van der Waals surface area contributed by atoms with Crippen LogP contribution < -0.4 is 0 Å². The highest BCUT2D eigenvalue weighted by Crippen LogP contribution is 2.40. The molecular formula is C13H26O3Si. The highest BCUT2D eigenvalue weighted by molar-refractivity contribution is 6.74. The van der Waals surface area contributed by atoms with Gasteiger partial charge in [0.2, 0.25) is 0 Å². The lowest BCUT2D eigenvalue weighted by atomic mass is 10.1. The summed E-state index contributed by atoms with van der Waals surface area (Å²) in [5.41, 5.74) is 0.879. The van der Waals surface area contributed by atoms with Crippen molar-refractivity contribution in [3.05, 3.63) is 12.2 Å². The van der Waals surface area contributed by atoms with Crippen LogP contribution in [0.25, 0.3) is 0 Å². The van der Waals surface area contributed by atoms with Gasteiger partial charge in [0.25, 0.3) is 0 Å². The largest absolute Gasteiger partial charge is 0.408 e. The molecule has 1 rings (SSSR count). The van der Waals surface area contributed by atoms with Crippen molar-refractivity contribution >= 4 is 8.32 Å². The second-order valence-electron chi connectivity index (χ2n) is 6.39. The first-order chi connectivity index (χ1) is 7.60. The van der Waals surface area contributed by atoms with E-state index in [9.17, 15) is 5.11 Å². The van der Waals surface area contributed by atoms with Crippen LogP contribution in [-0.4, -0.2) is 38.3 Å². The van der Waals surface area contributed by atoms with E-state index in [-0.39, 0.29) is 30.0 Å². The summed E-state index contributed by atoms with van der Waals surface area (Å²) in [5, 5.41) is 9.37. The Morgan fingerprint density at radius 3 is 2.29 bits per heavy atom. The maximum absolute atomic E-state index is 9.20. The van der Waals surface area contributed by atoms with Crippen molar-refractivity contribution in [2.75, 3.05) is 6.61 Å². The monoisotopic (exact) mass is 258 g/mol. The van der Waals surface area contributed by atoms with E-state index in [1.807, 2.05) is 6.92 Å². The molecule has 1 saturated heterocycles. The first kappa shape index (κ1) is 14.9. The zero-order valence-corrected chi connectivity index (χ0v) is 12.9. The highest BCUT2D eigenvalue weighted by Gasteiger charge is 2.44. The molecule has 3 unspecified atom stereocenters. The standard InChI is InChI=1S/C13H26O3Si/c1-9-11(8-14)15-10(2)12(9)16-17(6,7)13(3,4)5/h10-12,14H,1,8H2,2-7H3. The molecule has 3 nitrogen and oxygen atoms in total. The molecule has 1 aliphatic heterocycles. The smallest absolute Gasteiger partial charge is 0.193 e. The molecule has 0 spiro atoms. The number of ether oxygens (including phenoxy) is 1. The van der Waals surface area contributed by atoms with Gasteiger partial charge in [0.1, 0.15) is 6.10 Å². The van der Waals surface area contributed by atoms with Crippen molar-refractivity contribution < 1.29 is 14.3 Å². The first-order valence-electron chi connectivity index (χ1n) is 6.23. The minimum atomic E-state index is -1.82. The Labute approximate surface area is 106 Å². The molecule has 0 amide bonds. The zero-order chi connectivity index (χ0) is 13.4. The molecule has 100 valence electrons. The molecule has 0 radical (unpaired) electrons. The summed E-state index contributed by atoms with van der Waals surface area (Å²) >= 11 is 0. The fourth-order valence-electron chi connectivity index (χ4n) is 1.73. The Kier molecular flexibility index (Phi) is 4.24. The number of aliphatic hydroxyl groups excluding tert-OH is 1. The summed E-state index contributed by atoms with van der Waals surface area (Å²) in [7, 11) is -1.82. The molecule has 0 saturated carbocycles. The average molecular weight is 258 g/mol. The van der Waals surface area contributed by atoms with Crippen LogP contribution in [0.2, 0.25) is 18.1 Å². The van der Waals surface area contributed by atoms with Gasteiger partial charge in [-0.25, -0.2) is 0 Å². The van der Waals surface area contributed by atoms with E-state index < -0.39 is 8.32 Å². The SMILES string of the molecule is C=C1C(CO)OC(C)C1O[Si](C)(C)C(C)(C)C. The average Bonchev–Trinajstić information content (AvgIpc) is 2.43.